The lowest BCUT2D eigenvalue weighted by atomic mass is 9.86. The number of carbonyl (C=O) groups is 1. The second kappa shape index (κ2) is 3.64. The van der Waals surface area contributed by atoms with Gasteiger partial charge in [0.2, 0.25) is 0 Å². The summed E-state index contributed by atoms with van der Waals surface area (Å²) in [5.74, 6) is -0.817. The summed E-state index contributed by atoms with van der Waals surface area (Å²) in [5, 5.41) is 9.03. The minimum atomic E-state index is -0.782. The van der Waals surface area contributed by atoms with Crippen LogP contribution in [-0.4, -0.2) is 23.6 Å². The first-order valence-corrected chi connectivity index (χ1v) is 4.36. The number of guanidine groups is 1. The predicted molar refractivity (Wildman–Crippen MR) is 49.2 cm³/mol. The molecule has 74 valence electrons. The summed E-state index contributed by atoms with van der Waals surface area (Å²) >= 11 is 0. The maximum Gasteiger partial charge on any atom is 0.311 e. The van der Waals surface area contributed by atoms with Crippen LogP contribution in [0.25, 0.3) is 0 Å². The van der Waals surface area contributed by atoms with Crippen LogP contribution in [0.5, 0.6) is 0 Å². The van der Waals surface area contributed by atoms with Crippen molar-refractivity contribution in [2.24, 2.45) is 21.9 Å². The van der Waals surface area contributed by atoms with Gasteiger partial charge in [-0.05, 0) is 12.8 Å². The van der Waals surface area contributed by atoms with Gasteiger partial charge in [0.1, 0.15) is 0 Å². The van der Waals surface area contributed by atoms with Gasteiger partial charge in [-0.3, -0.25) is 9.79 Å². The van der Waals surface area contributed by atoms with E-state index in [9.17, 15) is 4.79 Å². The van der Waals surface area contributed by atoms with Crippen molar-refractivity contribution in [3.8, 4) is 0 Å². The van der Waals surface area contributed by atoms with Crippen LogP contribution in [0.15, 0.2) is 4.99 Å². The minimum absolute atomic E-state index is 0.0347. The van der Waals surface area contributed by atoms with E-state index in [2.05, 4.69) is 4.99 Å². The number of aliphatic imine (C=N–C) groups is 1. The van der Waals surface area contributed by atoms with Crippen molar-refractivity contribution >= 4 is 11.9 Å². The second-order valence-electron chi connectivity index (χ2n) is 3.53. The lowest BCUT2D eigenvalue weighted by Crippen LogP contribution is -2.33. The maximum absolute atomic E-state index is 11.0. The Hall–Kier alpha value is -1.26. The topological polar surface area (TPSA) is 102 Å². The standard InChI is InChI=1S/C8H15N3O2/c9-7(10)11-5-8(6(12)13)3-1-2-4-8/h1-5H2,(H,12,13)(H4,9,10,11). The third kappa shape index (κ3) is 2.11. The van der Waals surface area contributed by atoms with Gasteiger partial charge in [-0.15, -0.1) is 0 Å². The molecule has 0 amide bonds. The van der Waals surface area contributed by atoms with Crippen molar-refractivity contribution in [1.82, 2.24) is 0 Å². The summed E-state index contributed by atoms with van der Waals surface area (Å²) in [7, 11) is 0. The van der Waals surface area contributed by atoms with Gasteiger partial charge in [0.15, 0.2) is 5.96 Å². The van der Waals surface area contributed by atoms with E-state index in [1.165, 1.54) is 0 Å². The van der Waals surface area contributed by atoms with Crippen LogP contribution in [0.2, 0.25) is 0 Å². The summed E-state index contributed by atoms with van der Waals surface area (Å²) in [6, 6.07) is 0. The fourth-order valence-corrected chi connectivity index (χ4v) is 1.73. The Bertz CT molecular complexity index is 228. The molecule has 1 fully saturated rings. The molecule has 1 saturated carbocycles. The molecule has 0 aromatic rings. The third-order valence-electron chi connectivity index (χ3n) is 2.58. The molecule has 0 aromatic heterocycles. The normalized spacial score (nSPS) is 19.7. The number of carboxylic acid groups (broad SMARTS) is 1. The number of carboxylic acids is 1. The summed E-state index contributed by atoms with van der Waals surface area (Å²) in [4.78, 5) is 14.8. The Labute approximate surface area is 76.8 Å². The van der Waals surface area contributed by atoms with Gasteiger partial charge in [0.25, 0.3) is 0 Å². The van der Waals surface area contributed by atoms with E-state index in [0.717, 1.165) is 12.8 Å². The van der Waals surface area contributed by atoms with Gasteiger partial charge in [0, 0.05) is 0 Å². The molecule has 0 saturated heterocycles. The van der Waals surface area contributed by atoms with Crippen LogP contribution in [0.3, 0.4) is 0 Å². The van der Waals surface area contributed by atoms with E-state index in [4.69, 9.17) is 16.6 Å². The molecule has 13 heavy (non-hydrogen) atoms. The number of aliphatic carboxylic acids is 1. The highest BCUT2D eigenvalue weighted by molar-refractivity contribution is 5.78. The molecule has 0 heterocycles. The molecule has 5 N–H and O–H groups in total. The zero-order valence-electron chi connectivity index (χ0n) is 7.49. The zero-order chi connectivity index (χ0) is 9.90. The quantitative estimate of drug-likeness (QED) is 0.422. The first kappa shape index (κ1) is 9.83. The molecule has 1 aliphatic carbocycles. The molecule has 1 aliphatic rings. The van der Waals surface area contributed by atoms with E-state index < -0.39 is 11.4 Å². The van der Waals surface area contributed by atoms with Crippen LogP contribution < -0.4 is 11.5 Å². The Kier molecular flexibility index (Phi) is 2.75. The maximum atomic E-state index is 11.0. The van der Waals surface area contributed by atoms with E-state index in [0.29, 0.717) is 12.8 Å². The molecule has 0 radical (unpaired) electrons. The molecule has 0 spiro atoms. The highest BCUT2D eigenvalue weighted by atomic mass is 16.4. The van der Waals surface area contributed by atoms with Crippen molar-refractivity contribution in [2.45, 2.75) is 25.7 Å². The zero-order valence-corrected chi connectivity index (χ0v) is 7.49. The van der Waals surface area contributed by atoms with Gasteiger partial charge in [-0.25, -0.2) is 0 Å². The van der Waals surface area contributed by atoms with Crippen LogP contribution in [0, 0.1) is 5.41 Å². The molecule has 0 aliphatic heterocycles. The number of hydrogen-bond acceptors (Lipinski definition) is 2. The smallest absolute Gasteiger partial charge is 0.311 e. The Balaban J connectivity index is 2.68. The molecule has 0 bridgehead atoms. The van der Waals surface area contributed by atoms with Gasteiger partial charge in [-0.2, -0.15) is 0 Å². The number of rotatable bonds is 3. The number of nitrogens with two attached hydrogens (primary N) is 2. The first-order valence-electron chi connectivity index (χ1n) is 4.36. The van der Waals surface area contributed by atoms with E-state index >= 15 is 0 Å². The minimum Gasteiger partial charge on any atom is -0.481 e. The van der Waals surface area contributed by atoms with Gasteiger partial charge < -0.3 is 16.6 Å². The number of nitrogens with zero attached hydrogens (tertiary/aromatic N) is 1. The average Bonchev–Trinajstić information content (AvgIpc) is 2.50. The van der Waals surface area contributed by atoms with Gasteiger partial charge >= 0.3 is 5.97 Å². The molecular formula is C8H15N3O2. The summed E-state index contributed by atoms with van der Waals surface area (Å²) in [5.41, 5.74) is 9.62. The monoisotopic (exact) mass is 185 g/mol. The van der Waals surface area contributed by atoms with E-state index in [1.54, 1.807) is 0 Å². The summed E-state index contributed by atoms with van der Waals surface area (Å²) < 4.78 is 0. The van der Waals surface area contributed by atoms with Crippen molar-refractivity contribution in [3.05, 3.63) is 0 Å². The predicted octanol–water partition coefficient (Wildman–Crippen LogP) is -0.0952. The molecule has 5 nitrogen and oxygen atoms in total. The van der Waals surface area contributed by atoms with Crippen molar-refractivity contribution in [1.29, 1.82) is 0 Å². The lowest BCUT2D eigenvalue weighted by Gasteiger charge is -2.20. The number of hydrogen-bond donors (Lipinski definition) is 3. The first-order chi connectivity index (χ1) is 6.07. The fourth-order valence-electron chi connectivity index (χ4n) is 1.73. The van der Waals surface area contributed by atoms with Crippen LogP contribution in [-0.2, 0) is 4.79 Å². The molecule has 0 atom stereocenters. The van der Waals surface area contributed by atoms with Crippen molar-refractivity contribution < 1.29 is 9.90 Å². The lowest BCUT2D eigenvalue weighted by molar-refractivity contribution is -0.147. The van der Waals surface area contributed by atoms with Gasteiger partial charge in [-0.1, -0.05) is 12.8 Å². The van der Waals surface area contributed by atoms with E-state index in [1.807, 2.05) is 0 Å². The van der Waals surface area contributed by atoms with Crippen LogP contribution in [0.1, 0.15) is 25.7 Å². The molecular weight excluding hydrogens is 170 g/mol. The Morgan fingerprint density at radius 2 is 1.92 bits per heavy atom. The second-order valence-corrected chi connectivity index (χ2v) is 3.53. The molecule has 5 heteroatoms. The van der Waals surface area contributed by atoms with Crippen molar-refractivity contribution in [3.63, 3.8) is 0 Å². The SMILES string of the molecule is NC(N)=NCC1(C(=O)O)CCCC1. The van der Waals surface area contributed by atoms with Crippen LogP contribution in [0.4, 0.5) is 0 Å². The summed E-state index contributed by atoms with van der Waals surface area (Å²) in [6.07, 6.45) is 3.26. The third-order valence-corrected chi connectivity index (χ3v) is 2.58. The average molecular weight is 185 g/mol. The van der Waals surface area contributed by atoms with Crippen molar-refractivity contribution in [2.75, 3.05) is 6.54 Å². The summed E-state index contributed by atoms with van der Waals surface area (Å²) in [6.45, 7) is 0.213. The largest absolute Gasteiger partial charge is 0.481 e. The van der Waals surface area contributed by atoms with Gasteiger partial charge in [0.05, 0.1) is 12.0 Å². The Morgan fingerprint density at radius 1 is 1.38 bits per heavy atom. The highest BCUT2D eigenvalue weighted by Gasteiger charge is 2.41. The van der Waals surface area contributed by atoms with E-state index in [-0.39, 0.29) is 12.5 Å². The molecule has 0 unspecified atom stereocenters. The fraction of sp³-hybridized carbons (Fsp3) is 0.750. The molecule has 0 aromatic carbocycles. The molecule has 1 rings (SSSR count). The highest BCUT2D eigenvalue weighted by Crippen LogP contribution is 2.38. The Morgan fingerprint density at radius 3 is 2.31 bits per heavy atom. The van der Waals surface area contributed by atoms with Crippen LogP contribution >= 0.6 is 0 Å².